The fraction of sp³-hybridized carbons (Fsp3) is 0.429. The molecule has 0 unspecified atom stereocenters. The summed E-state index contributed by atoms with van der Waals surface area (Å²) < 4.78 is 1.92. The van der Waals surface area contributed by atoms with Gasteiger partial charge in [0.25, 0.3) is 0 Å². The molecule has 0 spiro atoms. The summed E-state index contributed by atoms with van der Waals surface area (Å²) in [5.41, 5.74) is 0.160. The molecule has 0 aliphatic carbocycles. The molecule has 1 aliphatic rings. The third-order valence-corrected chi connectivity index (χ3v) is 2.72. The molecule has 0 amide bonds. The summed E-state index contributed by atoms with van der Waals surface area (Å²) in [6, 6.07) is 0. The van der Waals surface area contributed by atoms with Gasteiger partial charge in [-0.3, -0.25) is 0 Å². The number of aromatic carboxylic acids is 1. The van der Waals surface area contributed by atoms with Crippen molar-refractivity contribution in [2.45, 2.75) is 12.3 Å². The van der Waals surface area contributed by atoms with Gasteiger partial charge in [0.15, 0.2) is 5.69 Å². The fourth-order valence-corrected chi connectivity index (χ4v) is 2.08. The molecule has 4 nitrogen and oxygen atoms in total. The number of hydrogen-bond acceptors (Lipinski definition) is 3. The third-order valence-electron chi connectivity index (χ3n) is 1.79. The maximum atomic E-state index is 10.5. The van der Waals surface area contributed by atoms with Crippen LogP contribution in [0.15, 0.2) is 6.20 Å². The van der Waals surface area contributed by atoms with Gasteiger partial charge in [-0.1, -0.05) is 0 Å². The van der Waals surface area contributed by atoms with Crippen molar-refractivity contribution in [1.82, 2.24) is 9.55 Å². The highest BCUT2D eigenvalue weighted by molar-refractivity contribution is 7.98. The molecule has 0 saturated heterocycles. The van der Waals surface area contributed by atoms with Crippen molar-refractivity contribution in [3.8, 4) is 0 Å². The van der Waals surface area contributed by atoms with Crippen LogP contribution in [0.1, 0.15) is 16.3 Å². The second-order valence-corrected chi connectivity index (χ2v) is 3.70. The van der Waals surface area contributed by atoms with Gasteiger partial charge in [-0.25, -0.2) is 9.78 Å². The number of imidazole rings is 1. The molecular weight excluding hydrogens is 176 g/mol. The van der Waals surface area contributed by atoms with E-state index in [4.69, 9.17) is 5.11 Å². The Morgan fingerprint density at radius 1 is 1.75 bits per heavy atom. The lowest BCUT2D eigenvalue weighted by atomic mass is 10.5. The molecule has 12 heavy (non-hydrogen) atoms. The van der Waals surface area contributed by atoms with Gasteiger partial charge >= 0.3 is 5.97 Å². The van der Waals surface area contributed by atoms with E-state index in [1.807, 2.05) is 4.57 Å². The second-order valence-electron chi connectivity index (χ2n) is 2.59. The van der Waals surface area contributed by atoms with Crippen LogP contribution in [0.5, 0.6) is 0 Å². The molecule has 2 heterocycles. The Morgan fingerprint density at radius 3 is 3.25 bits per heavy atom. The van der Waals surface area contributed by atoms with E-state index in [1.54, 1.807) is 18.0 Å². The van der Waals surface area contributed by atoms with E-state index in [0.717, 1.165) is 23.9 Å². The van der Waals surface area contributed by atoms with E-state index >= 15 is 0 Å². The summed E-state index contributed by atoms with van der Waals surface area (Å²) in [5.74, 6) is 1.81. The zero-order valence-electron chi connectivity index (χ0n) is 6.36. The van der Waals surface area contributed by atoms with Gasteiger partial charge in [0, 0.05) is 18.5 Å². The van der Waals surface area contributed by atoms with Crippen LogP contribution in [0.2, 0.25) is 0 Å². The predicted octanol–water partition coefficient (Wildman–Crippen LogP) is 0.828. The Kier molecular flexibility index (Phi) is 1.80. The summed E-state index contributed by atoms with van der Waals surface area (Å²) in [5, 5.41) is 8.65. The summed E-state index contributed by atoms with van der Waals surface area (Å²) in [7, 11) is 0. The van der Waals surface area contributed by atoms with Gasteiger partial charge in [0.2, 0.25) is 0 Å². The number of fused-ring (bicyclic) bond motifs is 1. The normalized spacial score (nSPS) is 15.7. The van der Waals surface area contributed by atoms with E-state index in [0.29, 0.717) is 0 Å². The van der Waals surface area contributed by atoms with Crippen LogP contribution in [0.3, 0.4) is 0 Å². The minimum absolute atomic E-state index is 0.160. The molecule has 5 heteroatoms. The second kappa shape index (κ2) is 2.82. The lowest BCUT2D eigenvalue weighted by Gasteiger charge is -2.11. The van der Waals surface area contributed by atoms with Crippen molar-refractivity contribution >= 4 is 17.7 Å². The Morgan fingerprint density at radius 2 is 2.58 bits per heavy atom. The zero-order valence-corrected chi connectivity index (χ0v) is 7.17. The minimum Gasteiger partial charge on any atom is -0.476 e. The SMILES string of the molecule is O=C(O)c1cn2c(n1)CSCC2. The number of carboxylic acid groups (broad SMARTS) is 1. The lowest BCUT2D eigenvalue weighted by molar-refractivity contribution is 0.0691. The van der Waals surface area contributed by atoms with E-state index in [-0.39, 0.29) is 5.69 Å². The first-order valence-electron chi connectivity index (χ1n) is 3.64. The molecule has 0 radical (unpaired) electrons. The fourth-order valence-electron chi connectivity index (χ4n) is 1.19. The van der Waals surface area contributed by atoms with Gasteiger partial charge in [-0.2, -0.15) is 11.8 Å². The zero-order chi connectivity index (χ0) is 8.55. The Balaban J connectivity index is 2.38. The first-order valence-corrected chi connectivity index (χ1v) is 4.80. The van der Waals surface area contributed by atoms with Crippen molar-refractivity contribution in [3.63, 3.8) is 0 Å². The topological polar surface area (TPSA) is 55.1 Å². The molecule has 0 fully saturated rings. The minimum atomic E-state index is -0.943. The lowest BCUT2D eigenvalue weighted by Crippen LogP contribution is -2.09. The van der Waals surface area contributed by atoms with E-state index < -0.39 is 5.97 Å². The third kappa shape index (κ3) is 1.20. The Labute approximate surface area is 73.6 Å². The molecule has 0 saturated carbocycles. The van der Waals surface area contributed by atoms with Gasteiger partial charge in [0.05, 0.1) is 5.75 Å². The molecule has 2 rings (SSSR count). The maximum absolute atomic E-state index is 10.5. The highest BCUT2D eigenvalue weighted by Crippen LogP contribution is 2.18. The average Bonchev–Trinajstić information content (AvgIpc) is 2.46. The van der Waals surface area contributed by atoms with Crippen molar-refractivity contribution in [2.75, 3.05) is 5.75 Å². The number of nitrogens with zero attached hydrogens (tertiary/aromatic N) is 2. The number of thioether (sulfide) groups is 1. The van der Waals surface area contributed by atoms with Crippen LogP contribution in [0.4, 0.5) is 0 Å². The quantitative estimate of drug-likeness (QED) is 0.702. The number of rotatable bonds is 1. The van der Waals surface area contributed by atoms with E-state index in [1.165, 1.54) is 0 Å². The summed E-state index contributed by atoms with van der Waals surface area (Å²) in [6.45, 7) is 0.875. The molecule has 1 aromatic rings. The summed E-state index contributed by atoms with van der Waals surface area (Å²) in [6.07, 6.45) is 1.61. The van der Waals surface area contributed by atoms with Gasteiger partial charge in [-0.15, -0.1) is 0 Å². The first-order chi connectivity index (χ1) is 5.77. The van der Waals surface area contributed by atoms with Crippen LogP contribution >= 0.6 is 11.8 Å². The van der Waals surface area contributed by atoms with Crippen molar-refractivity contribution in [1.29, 1.82) is 0 Å². The van der Waals surface area contributed by atoms with E-state index in [2.05, 4.69) is 4.98 Å². The molecule has 1 N–H and O–H groups in total. The van der Waals surface area contributed by atoms with E-state index in [9.17, 15) is 4.79 Å². The van der Waals surface area contributed by atoms with Crippen LogP contribution in [0.25, 0.3) is 0 Å². The predicted molar refractivity (Wildman–Crippen MR) is 45.3 cm³/mol. The highest BCUT2D eigenvalue weighted by atomic mass is 32.2. The van der Waals surface area contributed by atoms with Crippen LogP contribution in [-0.2, 0) is 12.3 Å². The van der Waals surface area contributed by atoms with Gasteiger partial charge in [-0.05, 0) is 0 Å². The molecule has 0 aromatic carbocycles. The summed E-state index contributed by atoms with van der Waals surface area (Å²) >= 11 is 1.79. The standard InChI is InChI=1S/C7H8N2O2S/c10-7(11)5-3-9-1-2-12-4-6(9)8-5/h3H,1-2,4H2,(H,10,11). The largest absolute Gasteiger partial charge is 0.476 e. The summed E-state index contributed by atoms with van der Waals surface area (Å²) in [4.78, 5) is 14.5. The average molecular weight is 184 g/mol. The van der Waals surface area contributed by atoms with Crippen molar-refractivity contribution in [3.05, 3.63) is 17.7 Å². The van der Waals surface area contributed by atoms with Gasteiger partial charge < -0.3 is 9.67 Å². The molecule has 0 bridgehead atoms. The smallest absolute Gasteiger partial charge is 0.356 e. The number of carbonyl (C=O) groups is 1. The number of carboxylic acids is 1. The molecular formula is C7H8N2O2S. The molecule has 1 aromatic heterocycles. The maximum Gasteiger partial charge on any atom is 0.356 e. The Bertz CT molecular complexity index is 298. The van der Waals surface area contributed by atoms with Gasteiger partial charge in [0.1, 0.15) is 5.82 Å². The van der Waals surface area contributed by atoms with Crippen molar-refractivity contribution < 1.29 is 9.90 Å². The number of aryl methyl sites for hydroxylation is 1. The Hall–Kier alpha value is -0.970. The van der Waals surface area contributed by atoms with Crippen LogP contribution in [0, 0.1) is 0 Å². The molecule has 1 aliphatic heterocycles. The molecule has 0 atom stereocenters. The molecule has 64 valence electrons. The monoisotopic (exact) mass is 184 g/mol. The van der Waals surface area contributed by atoms with Crippen LogP contribution < -0.4 is 0 Å². The number of aromatic nitrogens is 2. The number of hydrogen-bond donors (Lipinski definition) is 1. The first kappa shape index (κ1) is 7.67. The van der Waals surface area contributed by atoms with Crippen LogP contribution in [-0.4, -0.2) is 26.4 Å². The van der Waals surface area contributed by atoms with Crippen molar-refractivity contribution in [2.24, 2.45) is 0 Å². The highest BCUT2D eigenvalue weighted by Gasteiger charge is 2.15.